The minimum Gasteiger partial charge on any atom is -0.463 e. The Hall–Kier alpha value is -3.37. The van der Waals surface area contributed by atoms with Crippen LogP contribution in [0.25, 0.3) is 10.8 Å². The van der Waals surface area contributed by atoms with Gasteiger partial charge in [0.15, 0.2) is 0 Å². The minimum atomic E-state index is 0.156. The van der Waals surface area contributed by atoms with Crippen LogP contribution in [0.5, 0.6) is 6.01 Å². The van der Waals surface area contributed by atoms with E-state index in [4.69, 9.17) is 14.7 Å². The third kappa shape index (κ3) is 5.02. The number of aromatic nitrogens is 2. The summed E-state index contributed by atoms with van der Waals surface area (Å²) in [7, 11) is 0. The van der Waals surface area contributed by atoms with Crippen molar-refractivity contribution < 1.29 is 4.74 Å². The zero-order valence-corrected chi connectivity index (χ0v) is 22.4. The van der Waals surface area contributed by atoms with E-state index in [9.17, 15) is 5.26 Å². The number of piperazine rings is 1. The molecule has 1 saturated heterocycles. The summed E-state index contributed by atoms with van der Waals surface area (Å²) < 4.78 is 6.37. The summed E-state index contributed by atoms with van der Waals surface area (Å²) in [6.07, 6.45) is 6.44. The number of benzene rings is 2. The molecule has 198 valence electrons. The Bertz CT molecular complexity index is 1310. The van der Waals surface area contributed by atoms with E-state index < -0.39 is 0 Å². The number of hydrogen-bond donors (Lipinski definition) is 1. The molecule has 1 aliphatic carbocycles. The molecule has 1 saturated carbocycles. The Morgan fingerprint density at radius 1 is 1.05 bits per heavy atom. The van der Waals surface area contributed by atoms with Crippen molar-refractivity contribution in [1.82, 2.24) is 15.3 Å². The zero-order chi connectivity index (χ0) is 25.9. The number of nitriles is 1. The van der Waals surface area contributed by atoms with Crippen LogP contribution in [0.15, 0.2) is 42.5 Å². The highest BCUT2D eigenvalue weighted by atomic mass is 16.5. The fourth-order valence-electron chi connectivity index (χ4n) is 6.72. The van der Waals surface area contributed by atoms with Crippen LogP contribution < -0.4 is 19.9 Å². The first-order valence-corrected chi connectivity index (χ1v) is 14.3. The van der Waals surface area contributed by atoms with Crippen molar-refractivity contribution in [3.63, 3.8) is 0 Å². The van der Waals surface area contributed by atoms with E-state index in [1.807, 2.05) is 0 Å². The highest BCUT2D eigenvalue weighted by molar-refractivity contribution is 5.94. The summed E-state index contributed by atoms with van der Waals surface area (Å²) >= 11 is 0. The lowest BCUT2D eigenvalue weighted by molar-refractivity contribution is 0.197. The summed E-state index contributed by atoms with van der Waals surface area (Å²) in [5.74, 6) is 2.34. The Balaban J connectivity index is 1.31. The molecule has 2 unspecified atom stereocenters. The molecule has 0 amide bonds. The van der Waals surface area contributed by atoms with Gasteiger partial charge in [0.1, 0.15) is 5.82 Å². The first kappa shape index (κ1) is 24.9. The maximum absolute atomic E-state index is 9.28. The highest BCUT2D eigenvalue weighted by Gasteiger charge is 2.30. The number of anilines is 2. The van der Waals surface area contributed by atoms with Crippen LogP contribution in [-0.4, -0.2) is 48.8 Å². The summed E-state index contributed by atoms with van der Waals surface area (Å²) in [5.41, 5.74) is 3.56. The first-order chi connectivity index (χ1) is 18.7. The average molecular weight is 511 g/mol. The molecule has 0 radical (unpaired) electrons. The third-order valence-corrected chi connectivity index (χ3v) is 8.79. The van der Waals surface area contributed by atoms with Gasteiger partial charge < -0.3 is 19.9 Å². The monoisotopic (exact) mass is 510 g/mol. The Morgan fingerprint density at radius 3 is 2.82 bits per heavy atom. The maximum Gasteiger partial charge on any atom is 0.318 e. The molecule has 2 fully saturated rings. The second-order valence-corrected chi connectivity index (χ2v) is 11.1. The highest BCUT2D eigenvalue weighted by Crippen LogP contribution is 2.36. The van der Waals surface area contributed by atoms with Gasteiger partial charge in [-0.15, -0.1) is 0 Å². The van der Waals surface area contributed by atoms with Gasteiger partial charge in [0.25, 0.3) is 0 Å². The Kier molecular flexibility index (Phi) is 7.33. The fourth-order valence-corrected chi connectivity index (χ4v) is 6.72. The van der Waals surface area contributed by atoms with Gasteiger partial charge >= 0.3 is 6.01 Å². The molecule has 38 heavy (non-hydrogen) atoms. The molecule has 3 aromatic rings. The van der Waals surface area contributed by atoms with Crippen molar-refractivity contribution in [2.24, 2.45) is 11.8 Å². The lowest BCUT2D eigenvalue weighted by Crippen LogP contribution is -2.51. The second-order valence-electron chi connectivity index (χ2n) is 11.1. The molecule has 7 heteroatoms. The van der Waals surface area contributed by atoms with E-state index in [-0.39, 0.29) is 6.04 Å². The van der Waals surface area contributed by atoms with Gasteiger partial charge in [0.05, 0.1) is 31.3 Å². The van der Waals surface area contributed by atoms with Crippen LogP contribution in [0.4, 0.5) is 11.5 Å². The average Bonchev–Trinajstić information content (AvgIpc) is 3.43. The van der Waals surface area contributed by atoms with Crippen molar-refractivity contribution in [1.29, 1.82) is 5.26 Å². The largest absolute Gasteiger partial charge is 0.463 e. The Morgan fingerprint density at radius 2 is 1.92 bits per heavy atom. The van der Waals surface area contributed by atoms with Crippen molar-refractivity contribution >= 4 is 22.3 Å². The van der Waals surface area contributed by atoms with Crippen LogP contribution in [0, 0.1) is 23.2 Å². The van der Waals surface area contributed by atoms with Gasteiger partial charge in [-0.05, 0) is 36.1 Å². The van der Waals surface area contributed by atoms with Crippen LogP contribution >= 0.6 is 0 Å². The number of nitrogens with zero attached hydrogens (tertiary/aromatic N) is 5. The van der Waals surface area contributed by atoms with E-state index >= 15 is 0 Å². The molecule has 6 rings (SSSR count). The van der Waals surface area contributed by atoms with Crippen LogP contribution in [-0.2, 0) is 13.0 Å². The summed E-state index contributed by atoms with van der Waals surface area (Å²) in [4.78, 5) is 14.9. The molecular weight excluding hydrogens is 472 g/mol. The standard InChI is InChI=1S/C31H38N6O/c1-2-22-8-5-10-24(22)21-38-31-34-28-20-36(29-12-6-9-23-7-3-4-11-26(23)29)17-14-27(28)30(35-31)37-18-16-33-25(19-37)13-15-32/h3-4,6-7,9,11-12,22,24-25,33H,2,5,8,10,13-14,16-21H2,1H3/t22?,24-,25?/m0/s1. The topological polar surface area (TPSA) is 77.3 Å². The van der Waals surface area contributed by atoms with Gasteiger partial charge in [0, 0.05) is 48.9 Å². The van der Waals surface area contributed by atoms with E-state index in [0.717, 1.165) is 56.6 Å². The molecular formula is C31H38N6O. The molecule has 3 atom stereocenters. The zero-order valence-electron chi connectivity index (χ0n) is 22.4. The molecule has 3 heterocycles. The van der Waals surface area contributed by atoms with E-state index in [1.165, 1.54) is 47.7 Å². The van der Waals surface area contributed by atoms with E-state index in [2.05, 4.69) is 70.6 Å². The van der Waals surface area contributed by atoms with Crippen molar-refractivity contribution in [3.8, 4) is 12.1 Å². The van der Waals surface area contributed by atoms with E-state index in [1.54, 1.807) is 0 Å². The lowest BCUT2D eigenvalue weighted by atomic mass is 9.95. The third-order valence-electron chi connectivity index (χ3n) is 8.79. The van der Waals surface area contributed by atoms with Gasteiger partial charge in [-0.3, -0.25) is 0 Å². The van der Waals surface area contributed by atoms with Gasteiger partial charge in [-0.2, -0.15) is 15.2 Å². The van der Waals surface area contributed by atoms with Crippen LogP contribution in [0.3, 0.4) is 0 Å². The van der Waals surface area contributed by atoms with Gasteiger partial charge in [-0.1, -0.05) is 62.6 Å². The fraction of sp³-hybridized carbons (Fsp3) is 0.516. The molecule has 1 N–H and O–H groups in total. The smallest absolute Gasteiger partial charge is 0.318 e. The number of nitrogens with one attached hydrogen (secondary N) is 1. The summed E-state index contributed by atoms with van der Waals surface area (Å²) in [6, 6.07) is 18.1. The second kappa shape index (κ2) is 11.2. The number of hydrogen-bond acceptors (Lipinski definition) is 7. The SMILES string of the molecule is CCC1CCC[C@H]1COc1nc2c(c(N3CCNC(CC#N)C3)n1)CCN(c1cccc3ccccc13)C2. The van der Waals surface area contributed by atoms with Crippen molar-refractivity contribution in [2.75, 3.05) is 42.6 Å². The van der Waals surface area contributed by atoms with E-state index in [0.29, 0.717) is 25.0 Å². The predicted octanol–water partition coefficient (Wildman–Crippen LogP) is 5.09. The molecule has 1 aromatic heterocycles. The number of fused-ring (bicyclic) bond motifs is 2. The summed E-state index contributed by atoms with van der Waals surface area (Å²) in [6.45, 7) is 7.16. The normalized spacial score (nSPS) is 23.3. The van der Waals surface area contributed by atoms with Crippen molar-refractivity contribution in [3.05, 3.63) is 53.7 Å². The maximum atomic E-state index is 9.28. The van der Waals surface area contributed by atoms with Gasteiger partial charge in [-0.25, -0.2) is 0 Å². The Labute approximate surface area is 225 Å². The first-order valence-electron chi connectivity index (χ1n) is 14.3. The summed E-state index contributed by atoms with van der Waals surface area (Å²) in [5, 5.41) is 15.3. The quantitative estimate of drug-likeness (QED) is 0.474. The molecule has 7 nitrogen and oxygen atoms in total. The van der Waals surface area contributed by atoms with Crippen LogP contribution in [0.2, 0.25) is 0 Å². The number of rotatable bonds is 7. The molecule has 2 aliphatic heterocycles. The molecule has 3 aliphatic rings. The molecule has 0 spiro atoms. The van der Waals surface area contributed by atoms with Gasteiger partial charge in [0.2, 0.25) is 0 Å². The molecule has 2 aromatic carbocycles. The number of ether oxygens (including phenoxy) is 1. The predicted molar refractivity (Wildman–Crippen MR) is 152 cm³/mol. The lowest BCUT2D eigenvalue weighted by Gasteiger charge is -2.37. The molecule has 0 bridgehead atoms. The minimum absolute atomic E-state index is 0.156. The van der Waals surface area contributed by atoms with Crippen LogP contribution in [0.1, 0.15) is 50.3 Å². The van der Waals surface area contributed by atoms with Crippen molar-refractivity contribution in [2.45, 2.75) is 58.0 Å².